The van der Waals surface area contributed by atoms with Gasteiger partial charge in [0.1, 0.15) is 0 Å². The largest absolute Gasteiger partial charge is 1.00 e. The molecule has 0 aliphatic heterocycles. The molecule has 0 aromatic carbocycles. The van der Waals surface area contributed by atoms with Crippen LogP contribution in [-0.2, 0) is 16.3 Å². The third kappa shape index (κ3) is 20.6. The Hall–Kier alpha value is 2.56. The molecule has 128 valence electrons. The van der Waals surface area contributed by atoms with Gasteiger partial charge in [-0.25, -0.2) is 0 Å². The summed E-state index contributed by atoms with van der Waals surface area (Å²) in [6.07, 6.45) is 14.8. The van der Waals surface area contributed by atoms with Crippen molar-refractivity contribution in [3.8, 4) is 0 Å². The molecular formula is C16H34KO2PS2. The molecule has 6 heteroatoms. The summed E-state index contributed by atoms with van der Waals surface area (Å²) in [7, 11) is 0. The van der Waals surface area contributed by atoms with Crippen LogP contribution >= 0.6 is 17.1 Å². The first-order valence-electron chi connectivity index (χ1n) is 8.72. The van der Waals surface area contributed by atoms with Gasteiger partial charge in [-0.15, -0.1) is 11.4 Å². The van der Waals surface area contributed by atoms with Gasteiger partial charge in [0.2, 0.25) is 0 Å². The number of rotatable bonds is 16. The summed E-state index contributed by atoms with van der Waals surface area (Å²) in [5.41, 5.74) is -2.82. The summed E-state index contributed by atoms with van der Waals surface area (Å²) in [5.74, 6) is 0.878. The number of unbranched alkanes of at least 4 members (excludes halogenated alkanes) is 10. The summed E-state index contributed by atoms with van der Waals surface area (Å²) in [5, 5.41) is 0. The van der Waals surface area contributed by atoms with Gasteiger partial charge in [0.15, 0.2) is 0 Å². The van der Waals surface area contributed by atoms with E-state index in [0.717, 1.165) is 25.0 Å². The molecule has 22 heavy (non-hydrogen) atoms. The number of hydrogen-bond donors (Lipinski definition) is 0. The Labute approximate surface area is 190 Å². The molecule has 0 N–H and O–H groups in total. The molecule has 0 fully saturated rings. The van der Waals surface area contributed by atoms with Crippen LogP contribution in [0.15, 0.2) is 0 Å². The Morgan fingerprint density at radius 2 is 1.27 bits per heavy atom. The smallest absolute Gasteiger partial charge is 0.793 e. The molecule has 0 spiro atoms. The predicted molar refractivity (Wildman–Crippen MR) is 99.4 cm³/mol. The average molecular weight is 393 g/mol. The van der Waals surface area contributed by atoms with Gasteiger partial charge in [-0.05, 0) is 18.6 Å². The minimum absolute atomic E-state index is 0. The minimum Gasteiger partial charge on any atom is -0.793 e. The summed E-state index contributed by atoms with van der Waals surface area (Å²) in [6, 6.07) is 0. The van der Waals surface area contributed by atoms with Crippen molar-refractivity contribution in [1.82, 2.24) is 0 Å². The molecule has 2 nitrogen and oxygen atoms in total. The van der Waals surface area contributed by atoms with Gasteiger partial charge in [0.05, 0.1) is 6.61 Å². The van der Waals surface area contributed by atoms with Crippen molar-refractivity contribution in [2.45, 2.75) is 90.9 Å². The van der Waals surface area contributed by atoms with Gasteiger partial charge in [-0.3, -0.25) is 0 Å². The van der Waals surface area contributed by atoms with Crippen LogP contribution in [0.2, 0.25) is 0 Å². The van der Waals surface area contributed by atoms with Crippen molar-refractivity contribution < 1.29 is 60.8 Å². The van der Waals surface area contributed by atoms with Crippen LogP contribution in [-0.4, -0.2) is 12.4 Å². The van der Waals surface area contributed by atoms with Crippen LogP contribution < -0.4 is 56.3 Å². The molecule has 0 saturated carbocycles. The first-order chi connectivity index (χ1) is 10.1. The molecule has 1 unspecified atom stereocenters. The van der Waals surface area contributed by atoms with Gasteiger partial charge < -0.3 is 9.42 Å². The molecular weight excluding hydrogens is 358 g/mol. The molecule has 0 saturated heterocycles. The van der Waals surface area contributed by atoms with Crippen LogP contribution in [0, 0.1) is 0 Å². The van der Waals surface area contributed by atoms with Gasteiger partial charge in [0.25, 0.3) is 0 Å². The third-order valence-electron chi connectivity index (χ3n) is 3.49. The number of hydrogen-bond acceptors (Lipinski definition) is 4. The van der Waals surface area contributed by atoms with Crippen molar-refractivity contribution >= 4 is 28.9 Å². The maximum absolute atomic E-state index is 12.0. The van der Waals surface area contributed by atoms with Crippen LogP contribution in [0.4, 0.5) is 0 Å². The van der Waals surface area contributed by atoms with E-state index in [1.54, 1.807) is 0 Å². The molecule has 0 rings (SSSR count). The summed E-state index contributed by atoms with van der Waals surface area (Å²) >= 11 is 6.44. The summed E-state index contributed by atoms with van der Waals surface area (Å²) in [6.45, 7) is 5.01. The second-order valence-corrected chi connectivity index (χ2v) is 11.8. The maximum atomic E-state index is 12.0. The molecule has 0 aliphatic rings. The van der Waals surface area contributed by atoms with Gasteiger partial charge in [-0.2, -0.15) is 0 Å². The van der Waals surface area contributed by atoms with Crippen LogP contribution in [0.25, 0.3) is 0 Å². The molecule has 0 heterocycles. The van der Waals surface area contributed by atoms with Gasteiger partial charge in [-0.1, -0.05) is 89.9 Å². The fourth-order valence-corrected chi connectivity index (χ4v) is 5.54. The SMILES string of the molecule is CCCCCCCCOP([O-])(=S)SCCCCCCCC.[K+]. The second kappa shape index (κ2) is 19.9. The van der Waals surface area contributed by atoms with Crippen LogP contribution in [0.3, 0.4) is 0 Å². The molecule has 0 amide bonds. The molecule has 0 radical (unpaired) electrons. The van der Waals surface area contributed by atoms with Crippen LogP contribution in [0.5, 0.6) is 0 Å². The average Bonchev–Trinajstić information content (AvgIpc) is 2.45. The van der Waals surface area contributed by atoms with Gasteiger partial charge >= 0.3 is 51.4 Å². The predicted octanol–water partition coefficient (Wildman–Crippen LogP) is 3.05. The Bertz CT molecular complexity index is 247. The normalized spacial score (nSPS) is 13.6. The van der Waals surface area contributed by atoms with E-state index in [1.165, 1.54) is 69.2 Å². The standard InChI is InChI=1S/C16H35O2PS2.K/c1-3-5-7-9-11-13-15-18-19(17,20)21-16-14-12-10-8-6-4-2;/h3-16H2,1-2H3,(H,17,20);/q;+1/p-1. The Morgan fingerprint density at radius 3 is 1.82 bits per heavy atom. The second-order valence-electron chi connectivity index (χ2n) is 5.65. The fourth-order valence-electron chi connectivity index (χ4n) is 2.15. The van der Waals surface area contributed by atoms with Crippen molar-refractivity contribution in [1.29, 1.82) is 0 Å². The maximum Gasteiger partial charge on any atom is 1.00 e. The Morgan fingerprint density at radius 1 is 0.818 bits per heavy atom. The van der Waals surface area contributed by atoms with E-state index >= 15 is 0 Å². The zero-order valence-electron chi connectivity index (χ0n) is 15.0. The first-order valence-corrected chi connectivity index (χ1v) is 13.0. The molecule has 0 bridgehead atoms. The topological polar surface area (TPSA) is 32.3 Å². The van der Waals surface area contributed by atoms with E-state index in [1.807, 2.05) is 0 Å². The van der Waals surface area contributed by atoms with E-state index < -0.39 is 5.69 Å². The Balaban J connectivity index is 0. The fraction of sp³-hybridized carbons (Fsp3) is 1.00. The van der Waals surface area contributed by atoms with E-state index in [2.05, 4.69) is 13.8 Å². The third-order valence-corrected chi connectivity index (χ3v) is 7.86. The zero-order valence-corrected chi connectivity index (χ0v) is 20.6. The molecule has 0 aromatic heterocycles. The molecule has 0 aromatic rings. The monoisotopic (exact) mass is 392 g/mol. The first kappa shape index (κ1) is 26.8. The van der Waals surface area contributed by atoms with E-state index in [0.29, 0.717) is 6.61 Å². The van der Waals surface area contributed by atoms with Crippen LogP contribution in [0.1, 0.15) is 90.9 Å². The zero-order chi connectivity index (χ0) is 15.8. The van der Waals surface area contributed by atoms with Crippen molar-refractivity contribution in [3.05, 3.63) is 0 Å². The Kier molecular flexibility index (Phi) is 24.2. The van der Waals surface area contributed by atoms with Crippen molar-refractivity contribution in [3.63, 3.8) is 0 Å². The van der Waals surface area contributed by atoms with E-state index in [4.69, 9.17) is 16.3 Å². The van der Waals surface area contributed by atoms with E-state index in [-0.39, 0.29) is 51.4 Å². The van der Waals surface area contributed by atoms with Crippen molar-refractivity contribution in [2.24, 2.45) is 0 Å². The van der Waals surface area contributed by atoms with E-state index in [9.17, 15) is 4.89 Å². The molecule has 0 aliphatic carbocycles. The molecule has 1 atom stereocenters. The van der Waals surface area contributed by atoms with Gasteiger partial charge in [0, 0.05) is 5.69 Å². The van der Waals surface area contributed by atoms with Crippen molar-refractivity contribution in [2.75, 3.05) is 12.4 Å². The summed E-state index contributed by atoms with van der Waals surface area (Å²) < 4.78 is 5.41. The minimum atomic E-state index is -2.82. The quantitative estimate of drug-likeness (QED) is 0.230. The summed E-state index contributed by atoms with van der Waals surface area (Å²) in [4.78, 5) is 12.0.